The molecule has 0 aliphatic carbocycles. The van der Waals surface area contributed by atoms with Gasteiger partial charge in [-0.05, 0) is 55.6 Å². The highest BCUT2D eigenvalue weighted by Gasteiger charge is 2.16. The van der Waals surface area contributed by atoms with Gasteiger partial charge in [-0.2, -0.15) is 0 Å². The van der Waals surface area contributed by atoms with Crippen molar-refractivity contribution in [1.29, 1.82) is 0 Å². The first-order valence-corrected chi connectivity index (χ1v) is 10.9. The molecule has 1 aromatic heterocycles. The number of thiophene rings is 1. The fraction of sp³-hybridized carbons (Fsp3) is 0.200. The molecule has 3 rings (SSSR count). The second-order valence-electron chi connectivity index (χ2n) is 6.62. The van der Waals surface area contributed by atoms with Crippen molar-refractivity contribution in [2.45, 2.75) is 11.4 Å². The third-order valence-electron chi connectivity index (χ3n) is 4.03. The summed E-state index contributed by atoms with van der Waals surface area (Å²) in [7, 11) is 0.631. The molecular formula is C20H20ClF2NO2S2. The maximum Gasteiger partial charge on any atom is 0.175 e. The van der Waals surface area contributed by atoms with Gasteiger partial charge in [-0.3, -0.25) is 0 Å². The Balaban J connectivity index is 0.00000280. The molecule has 0 fully saturated rings. The van der Waals surface area contributed by atoms with E-state index in [1.807, 2.05) is 25.1 Å². The Hall–Kier alpha value is -1.80. The highest BCUT2D eigenvalue weighted by molar-refractivity contribution is 7.90. The van der Waals surface area contributed by atoms with Gasteiger partial charge in [0, 0.05) is 28.1 Å². The Morgan fingerprint density at radius 2 is 1.54 bits per heavy atom. The van der Waals surface area contributed by atoms with Gasteiger partial charge in [0.05, 0.1) is 4.90 Å². The number of hydrogen-bond acceptors (Lipinski definition) is 4. The molecule has 0 saturated heterocycles. The Morgan fingerprint density at radius 3 is 2.07 bits per heavy atom. The van der Waals surface area contributed by atoms with Gasteiger partial charge in [-0.25, -0.2) is 17.2 Å². The van der Waals surface area contributed by atoms with E-state index in [1.165, 1.54) is 17.4 Å². The standard InChI is InChI=1S/C20H19F2NO2S2.ClH/c1-23(2)12-15-11-17(13-4-7-16(8-5-13)27(3,24)25)20(26-15)14-6-9-18(21)19(22)10-14;/h4-11H,12H2,1-3H3;1H. The van der Waals surface area contributed by atoms with Gasteiger partial charge in [0.1, 0.15) is 0 Å². The monoisotopic (exact) mass is 443 g/mol. The van der Waals surface area contributed by atoms with Crippen LogP contribution in [-0.4, -0.2) is 33.7 Å². The molecule has 2 aromatic carbocycles. The predicted molar refractivity (Wildman–Crippen MR) is 113 cm³/mol. The van der Waals surface area contributed by atoms with Crippen LogP contribution in [0.1, 0.15) is 4.88 Å². The lowest BCUT2D eigenvalue weighted by Crippen LogP contribution is -2.09. The van der Waals surface area contributed by atoms with Crippen LogP contribution < -0.4 is 0 Å². The third-order valence-corrected chi connectivity index (χ3v) is 6.33. The fourth-order valence-corrected chi connectivity index (χ4v) is 4.70. The molecule has 0 aliphatic rings. The summed E-state index contributed by atoms with van der Waals surface area (Å²) in [4.78, 5) is 4.15. The second kappa shape index (κ2) is 8.69. The minimum atomic E-state index is -3.28. The van der Waals surface area contributed by atoms with Crippen LogP contribution in [-0.2, 0) is 16.4 Å². The lowest BCUT2D eigenvalue weighted by atomic mass is 10.0. The third kappa shape index (κ3) is 4.97. The molecule has 0 N–H and O–H groups in total. The van der Waals surface area contributed by atoms with Crippen LogP contribution in [0.2, 0.25) is 0 Å². The zero-order valence-corrected chi connectivity index (χ0v) is 18.0. The molecule has 0 aliphatic heterocycles. The van der Waals surface area contributed by atoms with E-state index in [0.29, 0.717) is 12.1 Å². The lowest BCUT2D eigenvalue weighted by molar-refractivity contribution is 0.406. The number of halogens is 3. The Morgan fingerprint density at radius 1 is 0.929 bits per heavy atom. The zero-order chi connectivity index (χ0) is 19.8. The van der Waals surface area contributed by atoms with E-state index >= 15 is 0 Å². The van der Waals surface area contributed by atoms with Crippen LogP contribution in [0.4, 0.5) is 8.78 Å². The van der Waals surface area contributed by atoms with E-state index in [4.69, 9.17) is 0 Å². The summed E-state index contributed by atoms with van der Waals surface area (Å²) in [5, 5.41) is 0. The van der Waals surface area contributed by atoms with Crippen LogP contribution in [0.3, 0.4) is 0 Å². The number of rotatable bonds is 5. The Bertz CT molecular complexity index is 1080. The van der Waals surface area contributed by atoms with Crippen LogP contribution in [0.25, 0.3) is 21.6 Å². The molecule has 3 nitrogen and oxygen atoms in total. The van der Waals surface area contributed by atoms with E-state index in [0.717, 1.165) is 33.2 Å². The van der Waals surface area contributed by atoms with Crippen molar-refractivity contribution in [3.63, 3.8) is 0 Å². The van der Waals surface area contributed by atoms with E-state index < -0.39 is 21.5 Å². The van der Waals surface area contributed by atoms with Crippen molar-refractivity contribution in [3.8, 4) is 21.6 Å². The minimum Gasteiger partial charge on any atom is -0.304 e. The summed E-state index contributed by atoms with van der Waals surface area (Å²) in [6, 6.07) is 12.5. The molecule has 0 spiro atoms. The van der Waals surface area contributed by atoms with Crippen molar-refractivity contribution in [2.75, 3.05) is 20.4 Å². The highest BCUT2D eigenvalue weighted by Crippen LogP contribution is 2.40. The van der Waals surface area contributed by atoms with Gasteiger partial charge < -0.3 is 4.90 Å². The quantitative estimate of drug-likeness (QED) is 0.540. The van der Waals surface area contributed by atoms with E-state index in [2.05, 4.69) is 0 Å². The summed E-state index contributed by atoms with van der Waals surface area (Å²) in [6.45, 7) is 0.711. The number of hydrogen-bond donors (Lipinski definition) is 0. The molecule has 0 saturated carbocycles. The summed E-state index contributed by atoms with van der Waals surface area (Å²) in [5.41, 5.74) is 2.28. The van der Waals surface area contributed by atoms with Gasteiger partial charge in [0.25, 0.3) is 0 Å². The SMILES string of the molecule is CN(C)Cc1cc(-c2ccc(S(C)(=O)=O)cc2)c(-c2ccc(F)c(F)c2)s1.Cl. The fourth-order valence-electron chi connectivity index (χ4n) is 2.78. The van der Waals surface area contributed by atoms with Gasteiger partial charge in [0.15, 0.2) is 21.5 Å². The van der Waals surface area contributed by atoms with Crippen molar-refractivity contribution in [3.05, 3.63) is 65.0 Å². The summed E-state index contributed by atoms with van der Waals surface area (Å²) in [5.74, 6) is -1.78. The lowest BCUT2D eigenvalue weighted by Gasteiger charge is -2.06. The van der Waals surface area contributed by atoms with E-state index in [-0.39, 0.29) is 17.3 Å². The van der Waals surface area contributed by atoms with Crippen LogP contribution >= 0.6 is 23.7 Å². The Labute approximate surface area is 174 Å². The molecule has 8 heteroatoms. The number of nitrogens with zero attached hydrogens (tertiary/aromatic N) is 1. The van der Waals surface area contributed by atoms with Crippen LogP contribution in [0.5, 0.6) is 0 Å². The molecule has 1 heterocycles. The summed E-state index contributed by atoms with van der Waals surface area (Å²) >= 11 is 1.51. The molecule has 0 radical (unpaired) electrons. The first-order valence-electron chi connectivity index (χ1n) is 8.18. The number of sulfone groups is 1. The second-order valence-corrected chi connectivity index (χ2v) is 9.77. The maximum atomic E-state index is 13.8. The molecule has 0 unspecified atom stereocenters. The largest absolute Gasteiger partial charge is 0.304 e. The molecule has 28 heavy (non-hydrogen) atoms. The molecule has 0 atom stereocenters. The summed E-state index contributed by atoms with van der Waals surface area (Å²) in [6.07, 6.45) is 1.16. The molecule has 150 valence electrons. The van der Waals surface area contributed by atoms with Crippen LogP contribution in [0.15, 0.2) is 53.4 Å². The Kier molecular flexibility index (Phi) is 6.98. The topological polar surface area (TPSA) is 37.4 Å². The van der Waals surface area contributed by atoms with Gasteiger partial charge in [-0.15, -0.1) is 23.7 Å². The average molecular weight is 444 g/mol. The van der Waals surface area contributed by atoms with E-state index in [9.17, 15) is 17.2 Å². The normalized spacial score (nSPS) is 11.5. The van der Waals surface area contributed by atoms with Crippen molar-refractivity contribution in [1.82, 2.24) is 4.90 Å². The molecule has 0 bridgehead atoms. The van der Waals surface area contributed by atoms with Gasteiger partial charge >= 0.3 is 0 Å². The minimum absolute atomic E-state index is 0. The first kappa shape index (κ1) is 22.5. The van der Waals surface area contributed by atoms with Crippen molar-refractivity contribution >= 4 is 33.6 Å². The maximum absolute atomic E-state index is 13.8. The first-order chi connectivity index (χ1) is 12.6. The molecule has 0 amide bonds. The predicted octanol–water partition coefficient (Wildman–Crippen LogP) is 5.25. The van der Waals surface area contributed by atoms with Crippen LogP contribution in [0, 0.1) is 11.6 Å². The van der Waals surface area contributed by atoms with Crippen molar-refractivity contribution in [2.24, 2.45) is 0 Å². The number of benzene rings is 2. The van der Waals surface area contributed by atoms with E-state index in [1.54, 1.807) is 30.3 Å². The van der Waals surface area contributed by atoms with Gasteiger partial charge in [-0.1, -0.05) is 18.2 Å². The molecular weight excluding hydrogens is 424 g/mol. The van der Waals surface area contributed by atoms with Gasteiger partial charge in [0.2, 0.25) is 0 Å². The van der Waals surface area contributed by atoms with Crippen molar-refractivity contribution < 1.29 is 17.2 Å². The zero-order valence-electron chi connectivity index (χ0n) is 15.6. The smallest absolute Gasteiger partial charge is 0.175 e. The highest BCUT2D eigenvalue weighted by atomic mass is 35.5. The average Bonchev–Trinajstić information content (AvgIpc) is 2.99. The summed E-state index contributed by atoms with van der Waals surface area (Å²) < 4.78 is 50.5. The molecule has 3 aromatic rings.